The SMILES string of the molecule is CCN(C(=O)C(CCC(N)=O)NC(=O)OC(C)(C)C)C(C(=O)Nc1ccc2ccccc2c1)c1ccc(C)c(C)c1. The van der Waals surface area contributed by atoms with Gasteiger partial charge in [-0.15, -0.1) is 0 Å². The molecule has 218 valence electrons. The molecule has 0 bridgehead atoms. The molecule has 9 nitrogen and oxygen atoms in total. The lowest BCUT2D eigenvalue weighted by atomic mass is 9.97. The second kappa shape index (κ2) is 13.3. The van der Waals surface area contributed by atoms with Crippen molar-refractivity contribution < 1.29 is 23.9 Å². The van der Waals surface area contributed by atoms with Crippen LogP contribution in [0.25, 0.3) is 10.8 Å². The van der Waals surface area contributed by atoms with Gasteiger partial charge in [-0.1, -0.05) is 48.5 Å². The van der Waals surface area contributed by atoms with Crippen molar-refractivity contribution in [3.63, 3.8) is 0 Å². The second-order valence-corrected chi connectivity index (χ2v) is 11.1. The summed E-state index contributed by atoms with van der Waals surface area (Å²) in [5, 5.41) is 7.56. The number of amides is 4. The number of carbonyl (C=O) groups excluding carboxylic acids is 4. The van der Waals surface area contributed by atoms with Crippen LogP contribution in [0.3, 0.4) is 0 Å². The smallest absolute Gasteiger partial charge is 0.408 e. The van der Waals surface area contributed by atoms with Gasteiger partial charge >= 0.3 is 6.09 Å². The number of likely N-dealkylation sites (N-methyl/N-ethyl adjacent to an activating group) is 1. The lowest BCUT2D eigenvalue weighted by Gasteiger charge is -2.34. The summed E-state index contributed by atoms with van der Waals surface area (Å²) >= 11 is 0. The third-order valence-corrected chi connectivity index (χ3v) is 6.72. The number of fused-ring (bicyclic) bond motifs is 1. The van der Waals surface area contributed by atoms with E-state index in [1.165, 1.54) is 4.90 Å². The largest absolute Gasteiger partial charge is 0.444 e. The molecule has 0 aliphatic rings. The summed E-state index contributed by atoms with van der Waals surface area (Å²) in [6, 6.07) is 16.9. The van der Waals surface area contributed by atoms with E-state index in [0.717, 1.165) is 21.9 Å². The summed E-state index contributed by atoms with van der Waals surface area (Å²) < 4.78 is 5.36. The first-order chi connectivity index (χ1) is 19.3. The summed E-state index contributed by atoms with van der Waals surface area (Å²) in [6.45, 7) is 10.9. The molecule has 2 unspecified atom stereocenters. The lowest BCUT2D eigenvalue weighted by molar-refractivity contribution is -0.140. The van der Waals surface area contributed by atoms with Gasteiger partial charge in [0, 0.05) is 18.7 Å². The third kappa shape index (κ3) is 8.54. The summed E-state index contributed by atoms with van der Waals surface area (Å²) in [4.78, 5) is 53.6. The summed E-state index contributed by atoms with van der Waals surface area (Å²) in [6.07, 6.45) is -0.989. The minimum absolute atomic E-state index is 0.0458. The van der Waals surface area contributed by atoms with Gasteiger partial charge in [-0.2, -0.15) is 0 Å². The minimum Gasteiger partial charge on any atom is -0.444 e. The van der Waals surface area contributed by atoms with Crippen LogP contribution in [-0.2, 0) is 19.1 Å². The number of hydrogen-bond donors (Lipinski definition) is 3. The number of nitrogens with two attached hydrogens (primary N) is 1. The Balaban J connectivity index is 2.00. The van der Waals surface area contributed by atoms with Crippen molar-refractivity contribution in [1.82, 2.24) is 10.2 Å². The molecule has 0 fully saturated rings. The van der Waals surface area contributed by atoms with E-state index < -0.39 is 41.5 Å². The van der Waals surface area contributed by atoms with Gasteiger partial charge in [0.25, 0.3) is 5.91 Å². The first-order valence-electron chi connectivity index (χ1n) is 13.7. The first kappa shape index (κ1) is 31.1. The highest BCUT2D eigenvalue weighted by Gasteiger charge is 2.36. The topological polar surface area (TPSA) is 131 Å². The Morgan fingerprint density at radius 3 is 2.22 bits per heavy atom. The highest BCUT2D eigenvalue weighted by atomic mass is 16.6. The predicted molar refractivity (Wildman–Crippen MR) is 160 cm³/mol. The van der Waals surface area contributed by atoms with Crippen molar-refractivity contribution >= 4 is 40.3 Å². The highest BCUT2D eigenvalue weighted by Crippen LogP contribution is 2.27. The number of rotatable bonds is 10. The van der Waals surface area contributed by atoms with E-state index >= 15 is 0 Å². The standard InChI is InChI=1S/C32H40N4O5/c1-7-36(30(39)26(16-17-27(33)37)35-31(40)41-32(4,5)6)28(24-13-12-20(2)21(3)18-24)29(38)34-25-15-14-22-10-8-9-11-23(22)19-25/h8-15,18-19,26,28H,7,16-17H2,1-6H3,(H2,33,37)(H,34,38)(H,35,40). The minimum atomic E-state index is -1.14. The molecule has 3 aromatic carbocycles. The fourth-order valence-electron chi connectivity index (χ4n) is 4.54. The molecular weight excluding hydrogens is 520 g/mol. The molecule has 0 aliphatic heterocycles. The van der Waals surface area contributed by atoms with Crippen LogP contribution in [0.5, 0.6) is 0 Å². The first-order valence-corrected chi connectivity index (χ1v) is 13.7. The summed E-state index contributed by atoms with van der Waals surface area (Å²) in [5.74, 6) is -1.56. The molecule has 0 saturated carbocycles. The van der Waals surface area contributed by atoms with Gasteiger partial charge in [0.2, 0.25) is 11.8 Å². The van der Waals surface area contributed by atoms with E-state index in [1.54, 1.807) is 27.7 Å². The highest BCUT2D eigenvalue weighted by molar-refractivity contribution is 6.00. The molecule has 2 atom stereocenters. The number of alkyl carbamates (subject to hydrolysis) is 1. The molecule has 41 heavy (non-hydrogen) atoms. The number of nitrogens with zero attached hydrogens (tertiary/aromatic N) is 1. The predicted octanol–water partition coefficient (Wildman–Crippen LogP) is 5.14. The summed E-state index contributed by atoms with van der Waals surface area (Å²) in [7, 11) is 0. The number of aryl methyl sites for hydroxylation is 2. The number of nitrogens with one attached hydrogen (secondary N) is 2. The molecule has 0 saturated heterocycles. The maximum atomic E-state index is 14.0. The molecular formula is C32H40N4O5. The van der Waals surface area contributed by atoms with Gasteiger partial charge < -0.3 is 26.0 Å². The average Bonchev–Trinajstić information content (AvgIpc) is 2.89. The zero-order valence-corrected chi connectivity index (χ0v) is 24.6. The monoisotopic (exact) mass is 560 g/mol. The number of ether oxygens (including phenoxy) is 1. The zero-order valence-electron chi connectivity index (χ0n) is 24.6. The maximum Gasteiger partial charge on any atom is 0.408 e. The zero-order chi connectivity index (χ0) is 30.3. The molecule has 0 spiro atoms. The number of primary amides is 1. The van der Waals surface area contributed by atoms with E-state index in [0.29, 0.717) is 11.3 Å². The van der Waals surface area contributed by atoms with Crippen LogP contribution in [0.15, 0.2) is 60.7 Å². The Morgan fingerprint density at radius 1 is 0.927 bits per heavy atom. The van der Waals surface area contributed by atoms with Gasteiger partial charge in [-0.25, -0.2) is 4.79 Å². The molecule has 0 aliphatic carbocycles. The van der Waals surface area contributed by atoms with Crippen molar-refractivity contribution in [3.8, 4) is 0 Å². The van der Waals surface area contributed by atoms with Crippen LogP contribution < -0.4 is 16.4 Å². The quantitative estimate of drug-likeness (QED) is 0.316. The number of anilines is 1. The molecule has 0 heterocycles. The molecule has 0 aromatic heterocycles. The Labute approximate surface area is 241 Å². The number of carbonyl (C=O) groups is 4. The number of benzene rings is 3. The molecule has 4 amide bonds. The molecule has 0 radical (unpaired) electrons. The van der Waals surface area contributed by atoms with Crippen LogP contribution in [0.1, 0.15) is 63.3 Å². The molecule has 3 rings (SSSR count). The average molecular weight is 561 g/mol. The van der Waals surface area contributed by atoms with E-state index in [-0.39, 0.29) is 19.4 Å². The Morgan fingerprint density at radius 2 is 1.61 bits per heavy atom. The normalized spacial score (nSPS) is 12.7. The third-order valence-electron chi connectivity index (χ3n) is 6.72. The van der Waals surface area contributed by atoms with Crippen molar-refractivity contribution in [2.45, 2.75) is 72.1 Å². The van der Waals surface area contributed by atoms with E-state index in [4.69, 9.17) is 10.5 Å². The van der Waals surface area contributed by atoms with Crippen molar-refractivity contribution in [2.75, 3.05) is 11.9 Å². The fraction of sp³-hybridized carbons (Fsp3) is 0.375. The summed E-state index contributed by atoms with van der Waals surface area (Å²) in [5.41, 5.74) is 7.78. The Bertz CT molecular complexity index is 1430. The van der Waals surface area contributed by atoms with Gasteiger partial charge in [0.05, 0.1) is 0 Å². The van der Waals surface area contributed by atoms with E-state index in [9.17, 15) is 19.2 Å². The van der Waals surface area contributed by atoms with Crippen LogP contribution in [0.2, 0.25) is 0 Å². The van der Waals surface area contributed by atoms with Gasteiger partial charge in [-0.3, -0.25) is 14.4 Å². The van der Waals surface area contributed by atoms with E-state index in [2.05, 4.69) is 10.6 Å². The lowest BCUT2D eigenvalue weighted by Crippen LogP contribution is -2.52. The molecule has 9 heteroatoms. The van der Waals surface area contributed by atoms with Crippen molar-refractivity contribution in [3.05, 3.63) is 77.4 Å². The van der Waals surface area contributed by atoms with Crippen LogP contribution in [-0.4, -0.2) is 46.9 Å². The van der Waals surface area contributed by atoms with Crippen LogP contribution in [0, 0.1) is 13.8 Å². The maximum absolute atomic E-state index is 14.0. The number of hydrogen-bond acceptors (Lipinski definition) is 5. The second-order valence-electron chi connectivity index (χ2n) is 11.1. The van der Waals surface area contributed by atoms with E-state index in [1.807, 2.05) is 74.5 Å². The fourth-order valence-corrected chi connectivity index (χ4v) is 4.54. The van der Waals surface area contributed by atoms with Crippen molar-refractivity contribution in [2.24, 2.45) is 5.73 Å². The molecule has 3 aromatic rings. The van der Waals surface area contributed by atoms with Crippen molar-refractivity contribution in [1.29, 1.82) is 0 Å². The van der Waals surface area contributed by atoms with Crippen LogP contribution in [0.4, 0.5) is 10.5 Å². The van der Waals surface area contributed by atoms with Gasteiger partial charge in [-0.05, 0) is 87.6 Å². The van der Waals surface area contributed by atoms with Gasteiger partial charge in [0.15, 0.2) is 0 Å². The Kier molecular flexibility index (Phi) is 10.1. The van der Waals surface area contributed by atoms with Gasteiger partial charge in [0.1, 0.15) is 17.7 Å². The Hall–Kier alpha value is -4.40. The molecule has 4 N–H and O–H groups in total. The van der Waals surface area contributed by atoms with Crippen LogP contribution >= 0.6 is 0 Å².